The van der Waals surface area contributed by atoms with Crippen LogP contribution in [0.2, 0.25) is 0 Å². The summed E-state index contributed by atoms with van der Waals surface area (Å²) < 4.78 is 4.96. The second-order valence-corrected chi connectivity index (χ2v) is 6.13. The molecule has 0 unspecified atom stereocenters. The zero-order valence-electron chi connectivity index (χ0n) is 13.8. The maximum Gasteiger partial charge on any atom is 0.237 e. The second-order valence-electron chi connectivity index (χ2n) is 6.13. The third-order valence-corrected chi connectivity index (χ3v) is 4.55. The van der Waals surface area contributed by atoms with Gasteiger partial charge in [0.25, 0.3) is 0 Å². The molecule has 1 fully saturated rings. The van der Waals surface area contributed by atoms with Gasteiger partial charge in [-0.1, -0.05) is 30.3 Å². The molecule has 1 aromatic carbocycles. The number of hydrogen-bond donors (Lipinski definition) is 1. The summed E-state index contributed by atoms with van der Waals surface area (Å²) in [5.74, 6) is 0.848. The van der Waals surface area contributed by atoms with E-state index in [-0.39, 0.29) is 11.9 Å². The van der Waals surface area contributed by atoms with Crippen molar-refractivity contribution in [2.45, 2.75) is 32.2 Å². The molecule has 0 spiro atoms. The summed E-state index contributed by atoms with van der Waals surface area (Å²) in [5, 5.41) is 2.93. The van der Waals surface area contributed by atoms with E-state index in [1.54, 1.807) is 7.11 Å². The van der Waals surface area contributed by atoms with Gasteiger partial charge < -0.3 is 10.1 Å². The van der Waals surface area contributed by atoms with Gasteiger partial charge in [0, 0.05) is 13.7 Å². The Kier molecular flexibility index (Phi) is 6.87. The monoisotopic (exact) mass is 304 g/mol. The summed E-state index contributed by atoms with van der Waals surface area (Å²) >= 11 is 0. The molecule has 0 radical (unpaired) electrons. The molecule has 1 N–H and O–H groups in total. The Bertz CT molecular complexity index is 442. The summed E-state index contributed by atoms with van der Waals surface area (Å²) in [6, 6.07) is 10.6. The number of amides is 1. The van der Waals surface area contributed by atoms with Gasteiger partial charge in [0.15, 0.2) is 0 Å². The maximum absolute atomic E-state index is 12.1. The van der Waals surface area contributed by atoms with Gasteiger partial charge in [-0.2, -0.15) is 0 Å². The molecular weight excluding hydrogens is 276 g/mol. The topological polar surface area (TPSA) is 41.6 Å². The van der Waals surface area contributed by atoms with Crippen LogP contribution in [0.3, 0.4) is 0 Å². The van der Waals surface area contributed by atoms with E-state index >= 15 is 0 Å². The maximum atomic E-state index is 12.1. The number of rotatable bonds is 7. The van der Waals surface area contributed by atoms with E-state index < -0.39 is 0 Å². The Hall–Kier alpha value is -1.39. The van der Waals surface area contributed by atoms with Gasteiger partial charge in [-0.05, 0) is 50.8 Å². The molecule has 1 aliphatic heterocycles. The van der Waals surface area contributed by atoms with E-state index in [0.29, 0.717) is 13.2 Å². The zero-order valence-corrected chi connectivity index (χ0v) is 13.8. The number of carbonyl (C=O) groups is 1. The van der Waals surface area contributed by atoms with Crippen molar-refractivity contribution >= 4 is 5.91 Å². The van der Waals surface area contributed by atoms with Gasteiger partial charge in [0.1, 0.15) is 0 Å². The summed E-state index contributed by atoms with van der Waals surface area (Å²) in [7, 11) is 1.65. The standard InChI is InChI=1S/C18H28N2O2/c1-15(18(21)19-10-13-22-2)20-11-8-17(9-12-20)14-16-6-4-3-5-7-16/h3-7,15,17H,8-14H2,1-2H3,(H,19,21)/t15-/m1/s1. The summed E-state index contributed by atoms with van der Waals surface area (Å²) in [5.41, 5.74) is 1.42. The number of nitrogens with zero attached hydrogens (tertiary/aromatic N) is 1. The van der Waals surface area contributed by atoms with Crippen molar-refractivity contribution in [2.75, 3.05) is 33.4 Å². The minimum absolute atomic E-state index is 0.0467. The van der Waals surface area contributed by atoms with Crippen LogP contribution in [0.5, 0.6) is 0 Å². The van der Waals surface area contributed by atoms with Crippen molar-refractivity contribution in [2.24, 2.45) is 5.92 Å². The first-order valence-electron chi connectivity index (χ1n) is 8.25. The van der Waals surface area contributed by atoms with Gasteiger partial charge in [-0.3, -0.25) is 9.69 Å². The minimum Gasteiger partial charge on any atom is -0.383 e. The lowest BCUT2D eigenvalue weighted by atomic mass is 9.89. The van der Waals surface area contributed by atoms with Gasteiger partial charge in [0.05, 0.1) is 12.6 Å². The van der Waals surface area contributed by atoms with Crippen LogP contribution in [0, 0.1) is 5.92 Å². The van der Waals surface area contributed by atoms with Crippen LogP contribution >= 0.6 is 0 Å². The van der Waals surface area contributed by atoms with Crippen molar-refractivity contribution in [3.05, 3.63) is 35.9 Å². The molecule has 2 rings (SSSR count). The van der Waals surface area contributed by atoms with E-state index in [4.69, 9.17) is 4.74 Å². The Balaban J connectivity index is 1.73. The minimum atomic E-state index is -0.0467. The van der Waals surface area contributed by atoms with Crippen LogP contribution in [0.15, 0.2) is 30.3 Å². The van der Waals surface area contributed by atoms with E-state index in [1.807, 2.05) is 6.92 Å². The van der Waals surface area contributed by atoms with Crippen LogP contribution in [-0.4, -0.2) is 50.2 Å². The fourth-order valence-corrected chi connectivity index (χ4v) is 3.08. The highest BCUT2D eigenvalue weighted by Crippen LogP contribution is 2.22. The number of piperidine rings is 1. The van der Waals surface area contributed by atoms with Crippen molar-refractivity contribution in [3.63, 3.8) is 0 Å². The molecule has 0 bridgehead atoms. The first-order valence-corrected chi connectivity index (χ1v) is 8.25. The predicted molar refractivity (Wildman–Crippen MR) is 88.8 cm³/mol. The van der Waals surface area contributed by atoms with Gasteiger partial charge in [0.2, 0.25) is 5.91 Å². The Morgan fingerprint density at radius 2 is 2.00 bits per heavy atom. The lowest BCUT2D eigenvalue weighted by Gasteiger charge is -2.35. The molecular formula is C18H28N2O2. The quantitative estimate of drug-likeness (QED) is 0.784. The van der Waals surface area contributed by atoms with Crippen molar-refractivity contribution in [1.29, 1.82) is 0 Å². The number of methoxy groups -OCH3 is 1. The van der Waals surface area contributed by atoms with Gasteiger partial charge >= 0.3 is 0 Å². The molecule has 4 nitrogen and oxygen atoms in total. The molecule has 0 aliphatic carbocycles. The predicted octanol–water partition coefficient (Wildman–Crippen LogP) is 2.09. The van der Waals surface area contributed by atoms with E-state index in [9.17, 15) is 4.79 Å². The molecule has 1 aromatic rings. The molecule has 4 heteroatoms. The molecule has 1 atom stereocenters. The van der Waals surface area contributed by atoms with E-state index in [2.05, 4.69) is 40.5 Å². The first-order chi connectivity index (χ1) is 10.7. The van der Waals surface area contributed by atoms with Gasteiger partial charge in [-0.15, -0.1) is 0 Å². The largest absolute Gasteiger partial charge is 0.383 e. The number of ether oxygens (including phenoxy) is 1. The molecule has 1 aliphatic rings. The molecule has 1 heterocycles. The first kappa shape index (κ1) is 17.0. The van der Waals surface area contributed by atoms with Crippen LogP contribution in [-0.2, 0) is 16.0 Å². The molecule has 1 amide bonds. The number of hydrogen-bond acceptors (Lipinski definition) is 3. The zero-order chi connectivity index (χ0) is 15.8. The number of nitrogens with one attached hydrogen (secondary N) is 1. The van der Waals surface area contributed by atoms with E-state index in [0.717, 1.165) is 25.4 Å². The normalized spacial score (nSPS) is 18.1. The molecule has 122 valence electrons. The number of likely N-dealkylation sites (tertiary alicyclic amines) is 1. The van der Waals surface area contributed by atoms with Crippen molar-refractivity contribution in [3.8, 4) is 0 Å². The number of carbonyl (C=O) groups excluding carboxylic acids is 1. The fraction of sp³-hybridized carbons (Fsp3) is 0.611. The molecule has 22 heavy (non-hydrogen) atoms. The van der Waals surface area contributed by atoms with Crippen LogP contribution < -0.4 is 5.32 Å². The average Bonchev–Trinajstić information content (AvgIpc) is 2.56. The molecule has 0 saturated carbocycles. The summed E-state index contributed by atoms with van der Waals surface area (Å²) in [6.07, 6.45) is 3.50. The van der Waals surface area contributed by atoms with E-state index in [1.165, 1.54) is 18.4 Å². The number of benzene rings is 1. The van der Waals surface area contributed by atoms with Crippen LogP contribution in [0.25, 0.3) is 0 Å². The fourth-order valence-electron chi connectivity index (χ4n) is 3.08. The third-order valence-electron chi connectivity index (χ3n) is 4.55. The molecule has 0 aromatic heterocycles. The van der Waals surface area contributed by atoms with Crippen molar-refractivity contribution in [1.82, 2.24) is 10.2 Å². The average molecular weight is 304 g/mol. The van der Waals surface area contributed by atoms with Gasteiger partial charge in [-0.25, -0.2) is 0 Å². The summed E-state index contributed by atoms with van der Waals surface area (Å²) in [6.45, 7) is 5.17. The SMILES string of the molecule is COCCNC(=O)[C@@H](C)N1CCC(Cc2ccccc2)CC1. The Morgan fingerprint density at radius 3 is 2.64 bits per heavy atom. The highest BCUT2D eigenvalue weighted by atomic mass is 16.5. The smallest absolute Gasteiger partial charge is 0.237 e. The second kappa shape index (κ2) is 8.91. The third kappa shape index (κ3) is 5.11. The highest BCUT2D eigenvalue weighted by molar-refractivity contribution is 5.81. The summed E-state index contributed by atoms with van der Waals surface area (Å²) in [4.78, 5) is 14.4. The van der Waals surface area contributed by atoms with Crippen molar-refractivity contribution < 1.29 is 9.53 Å². The Labute approximate surface area is 133 Å². The lowest BCUT2D eigenvalue weighted by Crippen LogP contribution is -2.48. The molecule has 1 saturated heterocycles. The van der Waals surface area contributed by atoms with Crippen LogP contribution in [0.4, 0.5) is 0 Å². The Morgan fingerprint density at radius 1 is 1.32 bits per heavy atom. The lowest BCUT2D eigenvalue weighted by molar-refractivity contribution is -0.126. The highest BCUT2D eigenvalue weighted by Gasteiger charge is 2.26. The van der Waals surface area contributed by atoms with Crippen LogP contribution in [0.1, 0.15) is 25.3 Å².